The van der Waals surface area contributed by atoms with Crippen molar-refractivity contribution in [3.8, 4) is 11.6 Å². The van der Waals surface area contributed by atoms with Crippen LogP contribution in [0.3, 0.4) is 0 Å². The van der Waals surface area contributed by atoms with E-state index < -0.39 is 5.97 Å². The summed E-state index contributed by atoms with van der Waals surface area (Å²) in [6.45, 7) is 1.91. The van der Waals surface area contributed by atoms with Gasteiger partial charge in [0.25, 0.3) is 0 Å². The first kappa shape index (κ1) is 14.0. The molecule has 0 saturated heterocycles. The number of rotatable bonds is 3. The van der Waals surface area contributed by atoms with Gasteiger partial charge in [0.1, 0.15) is 11.3 Å². The van der Waals surface area contributed by atoms with Crippen LogP contribution in [0.25, 0.3) is 0 Å². The van der Waals surface area contributed by atoms with E-state index in [1.165, 1.54) is 6.07 Å². The van der Waals surface area contributed by atoms with Crippen molar-refractivity contribution in [2.24, 2.45) is 0 Å². The number of aromatic carboxylic acids is 1. The van der Waals surface area contributed by atoms with Gasteiger partial charge in [-0.3, -0.25) is 0 Å². The number of hydrogen-bond acceptors (Lipinski definition) is 3. The van der Waals surface area contributed by atoms with E-state index in [-0.39, 0.29) is 11.3 Å². The third kappa shape index (κ3) is 3.33. The average Bonchev–Trinajstić information content (AvgIpc) is 2.34. The molecular formula is C13H9Br2NO3. The molecule has 98 valence electrons. The zero-order chi connectivity index (χ0) is 14.0. The smallest absolute Gasteiger partial charge is 0.339 e. The molecule has 0 unspecified atom stereocenters. The first-order valence-electron chi connectivity index (χ1n) is 5.30. The van der Waals surface area contributed by atoms with Crippen LogP contribution >= 0.6 is 31.9 Å². The molecule has 0 aliphatic carbocycles. The first-order valence-corrected chi connectivity index (χ1v) is 6.89. The van der Waals surface area contributed by atoms with E-state index >= 15 is 0 Å². The van der Waals surface area contributed by atoms with Crippen molar-refractivity contribution in [3.63, 3.8) is 0 Å². The molecular weight excluding hydrogens is 378 g/mol. The molecule has 1 heterocycles. The Morgan fingerprint density at radius 3 is 2.68 bits per heavy atom. The normalized spacial score (nSPS) is 10.3. The Morgan fingerprint density at radius 1 is 1.32 bits per heavy atom. The lowest BCUT2D eigenvalue weighted by atomic mass is 10.2. The maximum atomic E-state index is 11.2. The van der Waals surface area contributed by atoms with Crippen LogP contribution in [0.15, 0.2) is 39.4 Å². The highest BCUT2D eigenvalue weighted by atomic mass is 79.9. The summed E-state index contributed by atoms with van der Waals surface area (Å²) in [7, 11) is 0. The fraction of sp³-hybridized carbons (Fsp3) is 0.0769. The maximum absolute atomic E-state index is 11.2. The molecule has 0 radical (unpaired) electrons. The zero-order valence-electron chi connectivity index (χ0n) is 9.85. The number of carboxylic acids is 1. The number of pyridine rings is 1. The maximum Gasteiger partial charge on any atom is 0.339 e. The minimum absolute atomic E-state index is 0.0728. The molecule has 1 aromatic heterocycles. The number of aryl methyl sites for hydroxylation is 1. The molecule has 0 spiro atoms. The Morgan fingerprint density at radius 2 is 2.05 bits per heavy atom. The van der Waals surface area contributed by atoms with Crippen LogP contribution < -0.4 is 4.74 Å². The average molecular weight is 387 g/mol. The molecule has 2 aromatic rings. The van der Waals surface area contributed by atoms with Gasteiger partial charge in [0.2, 0.25) is 5.88 Å². The van der Waals surface area contributed by atoms with Gasteiger partial charge in [-0.15, -0.1) is 0 Å². The van der Waals surface area contributed by atoms with Crippen LogP contribution in [0.2, 0.25) is 0 Å². The van der Waals surface area contributed by atoms with E-state index in [2.05, 4.69) is 36.8 Å². The lowest BCUT2D eigenvalue weighted by molar-refractivity contribution is 0.0694. The highest BCUT2D eigenvalue weighted by molar-refractivity contribution is 9.10. The lowest BCUT2D eigenvalue weighted by Crippen LogP contribution is -2.01. The van der Waals surface area contributed by atoms with E-state index in [0.29, 0.717) is 14.8 Å². The van der Waals surface area contributed by atoms with Crippen LogP contribution in [0, 0.1) is 6.92 Å². The van der Waals surface area contributed by atoms with Gasteiger partial charge < -0.3 is 9.84 Å². The van der Waals surface area contributed by atoms with E-state index in [4.69, 9.17) is 9.84 Å². The van der Waals surface area contributed by atoms with Gasteiger partial charge in [0.05, 0.1) is 4.47 Å². The van der Waals surface area contributed by atoms with Crippen molar-refractivity contribution in [2.75, 3.05) is 0 Å². The number of benzene rings is 1. The zero-order valence-corrected chi connectivity index (χ0v) is 13.0. The van der Waals surface area contributed by atoms with Crippen molar-refractivity contribution >= 4 is 37.8 Å². The summed E-state index contributed by atoms with van der Waals surface area (Å²) in [6.07, 6.45) is 1.65. The Balaban J connectivity index is 2.40. The molecule has 4 nitrogen and oxygen atoms in total. The molecule has 0 fully saturated rings. The number of aromatic nitrogens is 1. The number of ether oxygens (including phenoxy) is 1. The third-order valence-corrected chi connectivity index (χ3v) is 3.38. The molecule has 1 aromatic carbocycles. The second-order valence-corrected chi connectivity index (χ2v) is 5.62. The highest BCUT2D eigenvalue weighted by Gasteiger charge is 2.14. The standard InChI is InChI=1S/C13H9Br2NO3/c1-7-4-10(15)12(16-6-7)19-11-3-2-8(14)5-9(11)13(17)18/h2-6H,1H3,(H,17,18). The Bertz CT molecular complexity index is 644. The van der Waals surface area contributed by atoms with E-state index in [1.54, 1.807) is 18.3 Å². The summed E-state index contributed by atoms with van der Waals surface area (Å²) in [5.74, 6) is -0.484. The molecule has 2 rings (SSSR count). The van der Waals surface area contributed by atoms with Crippen LogP contribution in [-0.4, -0.2) is 16.1 Å². The quantitative estimate of drug-likeness (QED) is 0.848. The number of hydrogen-bond donors (Lipinski definition) is 1. The topological polar surface area (TPSA) is 59.4 Å². The molecule has 0 saturated carbocycles. The summed E-state index contributed by atoms with van der Waals surface area (Å²) in [4.78, 5) is 15.3. The summed E-state index contributed by atoms with van der Waals surface area (Å²) in [5.41, 5.74) is 1.05. The molecule has 0 atom stereocenters. The van der Waals surface area contributed by atoms with Gasteiger partial charge in [0.15, 0.2) is 0 Å². The van der Waals surface area contributed by atoms with Gasteiger partial charge in [-0.1, -0.05) is 15.9 Å². The van der Waals surface area contributed by atoms with Crippen molar-refractivity contribution in [3.05, 3.63) is 50.5 Å². The lowest BCUT2D eigenvalue weighted by Gasteiger charge is -2.10. The number of halogens is 2. The van der Waals surface area contributed by atoms with Crippen molar-refractivity contribution in [1.29, 1.82) is 0 Å². The summed E-state index contributed by atoms with van der Waals surface area (Å²) >= 11 is 6.57. The molecule has 0 amide bonds. The van der Waals surface area contributed by atoms with Crippen LogP contribution in [0.4, 0.5) is 0 Å². The minimum Gasteiger partial charge on any atom is -0.478 e. The number of nitrogens with zero attached hydrogens (tertiary/aromatic N) is 1. The van der Waals surface area contributed by atoms with E-state index in [0.717, 1.165) is 5.56 Å². The molecule has 1 N–H and O–H groups in total. The molecule has 0 aliphatic heterocycles. The minimum atomic E-state index is -1.06. The van der Waals surface area contributed by atoms with Crippen molar-refractivity contribution < 1.29 is 14.6 Å². The molecule has 6 heteroatoms. The SMILES string of the molecule is Cc1cnc(Oc2ccc(Br)cc2C(=O)O)c(Br)c1. The van der Waals surface area contributed by atoms with Crippen molar-refractivity contribution in [1.82, 2.24) is 4.98 Å². The van der Waals surface area contributed by atoms with Gasteiger partial charge >= 0.3 is 5.97 Å². The van der Waals surface area contributed by atoms with Crippen LogP contribution in [-0.2, 0) is 0 Å². The Hall–Kier alpha value is -1.40. The summed E-state index contributed by atoms with van der Waals surface area (Å²) in [6, 6.07) is 6.63. The Labute approximate surface area is 126 Å². The van der Waals surface area contributed by atoms with Gasteiger partial charge in [-0.25, -0.2) is 9.78 Å². The largest absolute Gasteiger partial charge is 0.478 e. The van der Waals surface area contributed by atoms with Crippen molar-refractivity contribution in [2.45, 2.75) is 6.92 Å². The van der Waals surface area contributed by atoms with Gasteiger partial charge in [-0.05, 0) is 52.7 Å². The van der Waals surface area contributed by atoms with E-state index in [9.17, 15) is 4.79 Å². The number of carboxylic acid groups (broad SMARTS) is 1. The molecule has 0 aliphatic rings. The third-order valence-electron chi connectivity index (χ3n) is 2.32. The number of carbonyl (C=O) groups is 1. The van der Waals surface area contributed by atoms with Gasteiger partial charge in [-0.2, -0.15) is 0 Å². The predicted octanol–water partition coefficient (Wildman–Crippen LogP) is 4.41. The molecule has 19 heavy (non-hydrogen) atoms. The van der Waals surface area contributed by atoms with Gasteiger partial charge in [0, 0.05) is 10.7 Å². The van der Waals surface area contributed by atoms with Crippen LogP contribution in [0.1, 0.15) is 15.9 Å². The highest BCUT2D eigenvalue weighted by Crippen LogP contribution is 2.31. The fourth-order valence-corrected chi connectivity index (χ4v) is 2.36. The monoisotopic (exact) mass is 385 g/mol. The van der Waals surface area contributed by atoms with E-state index in [1.807, 2.05) is 13.0 Å². The molecule has 0 bridgehead atoms. The predicted molar refractivity (Wildman–Crippen MR) is 77.8 cm³/mol. The summed E-state index contributed by atoms with van der Waals surface area (Å²) in [5, 5.41) is 9.15. The second-order valence-electron chi connectivity index (χ2n) is 3.85. The Kier molecular flexibility index (Phi) is 4.21. The van der Waals surface area contributed by atoms with Crippen LogP contribution in [0.5, 0.6) is 11.6 Å². The summed E-state index contributed by atoms with van der Waals surface area (Å²) < 4.78 is 6.90. The first-order chi connectivity index (χ1) is 8.97. The fourth-order valence-electron chi connectivity index (χ4n) is 1.46. The second kappa shape index (κ2) is 5.71.